The number of aromatic carboxylic acids is 1. The highest BCUT2D eigenvalue weighted by Crippen LogP contribution is 2.27. The Morgan fingerprint density at radius 3 is 2.68 bits per heavy atom. The van der Waals surface area contributed by atoms with E-state index in [-0.39, 0.29) is 28.2 Å². The number of imidazole rings is 1. The number of hydrogen-bond donors (Lipinski definition) is 1. The van der Waals surface area contributed by atoms with Crippen molar-refractivity contribution in [2.75, 3.05) is 0 Å². The van der Waals surface area contributed by atoms with E-state index in [1.54, 1.807) is 10.9 Å². The van der Waals surface area contributed by atoms with Crippen molar-refractivity contribution in [3.63, 3.8) is 0 Å². The molecule has 31 heavy (non-hydrogen) atoms. The second-order valence-electron chi connectivity index (χ2n) is 6.98. The summed E-state index contributed by atoms with van der Waals surface area (Å²) in [6.45, 7) is 2.29. The molecule has 0 saturated carbocycles. The number of halogens is 3. The van der Waals surface area contributed by atoms with Gasteiger partial charge in [-0.05, 0) is 24.6 Å². The average molecular weight is 447 g/mol. The third kappa shape index (κ3) is 3.50. The quantitative estimate of drug-likeness (QED) is 0.484. The number of aromatic nitrogens is 4. The van der Waals surface area contributed by atoms with Gasteiger partial charge in [0.05, 0.1) is 34.5 Å². The number of carbonyl (C=O) groups is 1. The second-order valence-corrected chi connectivity index (χ2v) is 7.39. The summed E-state index contributed by atoms with van der Waals surface area (Å²) in [5, 5.41) is 13.2. The first-order chi connectivity index (χ1) is 14.8. The lowest BCUT2D eigenvalue weighted by Crippen LogP contribution is -2.24. The molecule has 0 atom stereocenters. The minimum Gasteiger partial charge on any atom is -0.478 e. The van der Waals surface area contributed by atoms with Crippen LogP contribution in [0.2, 0.25) is 5.02 Å². The molecule has 4 aromatic rings. The molecule has 2 heterocycles. The van der Waals surface area contributed by atoms with Gasteiger partial charge in [0.15, 0.2) is 5.82 Å². The number of hydrogen-bond acceptors (Lipinski definition) is 3. The van der Waals surface area contributed by atoms with E-state index < -0.39 is 28.9 Å². The van der Waals surface area contributed by atoms with Gasteiger partial charge in [-0.2, -0.15) is 5.10 Å². The molecule has 0 aliphatic heterocycles. The average Bonchev–Trinajstić information content (AvgIpc) is 3.29. The molecule has 0 radical (unpaired) electrons. The summed E-state index contributed by atoms with van der Waals surface area (Å²) in [5.41, 5.74) is -0.698. The van der Waals surface area contributed by atoms with Gasteiger partial charge in [0, 0.05) is 18.3 Å². The smallest absolute Gasteiger partial charge is 0.338 e. The van der Waals surface area contributed by atoms with Crippen LogP contribution in [-0.4, -0.2) is 30.0 Å². The highest BCUT2D eigenvalue weighted by Gasteiger charge is 2.22. The maximum atomic E-state index is 15.0. The molecule has 0 aliphatic rings. The zero-order valence-corrected chi connectivity index (χ0v) is 17.1. The zero-order chi connectivity index (χ0) is 22.3. The van der Waals surface area contributed by atoms with Gasteiger partial charge in [0.1, 0.15) is 11.3 Å². The molecule has 4 rings (SSSR count). The van der Waals surface area contributed by atoms with Crippen LogP contribution in [0.1, 0.15) is 29.3 Å². The van der Waals surface area contributed by atoms with Crippen LogP contribution in [0.3, 0.4) is 0 Å². The highest BCUT2D eigenvalue weighted by molar-refractivity contribution is 6.31. The van der Waals surface area contributed by atoms with Crippen LogP contribution < -0.4 is 5.69 Å². The Kier molecular flexibility index (Phi) is 5.36. The van der Waals surface area contributed by atoms with Crippen LogP contribution >= 0.6 is 11.6 Å². The van der Waals surface area contributed by atoms with Crippen molar-refractivity contribution < 1.29 is 18.7 Å². The van der Waals surface area contributed by atoms with E-state index in [4.69, 9.17) is 16.7 Å². The van der Waals surface area contributed by atoms with Crippen molar-refractivity contribution in [2.45, 2.75) is 26.4 Å². The van der Waals surface area contributed by atoms with E-state index >= 15 is 0 Å². The normalized spacial score (nSPS) is 11.4. The maximum Gasteiger partial charge on any atom is 0.338 e. The topological polar surface area (TPSA) is 82.0 Å². The van der Waals surface area contributed by atoms with Crippen molar-refractivity contribution in [1.29, 1.82) is 0 Å². The van der Waals surface area contributed by atoms with E-state index in [9.17, 15) is 18.4 Å². The molecular weight excluding hydrogens is 430 g/mol. The number of aryl methyl sites for hydroxylation is 1. The van der Waals surface area contributed by atoms with Gasteiger partial charge in [-0.1, -0.05) is 30.7 Å². The van der Waals surface area contributed by atoms with Gasteiger partial charge in [-0.25, -0.2) is 18.4 Å². The molecule has 7 nitrogen and oxygen atoms in total. The molecule has 0 saturated heterocycles. The summed E-state index contributed by atoms with van der Waals surface area (Å²) < 4.78 is 33.6. The summed E-state index contributed by atoms with van der Waals surface area (Å²) in [6.07, 6.45) is 3.87. The molecule has 0 bridgehead atoms. The first kappa shape index (κ1) is 20.8. The van der Waals surface area contributed by atoms with E-state index in [0.717, 1.165) is 17.1 Å². The Morgan fingerprint density at radius 2 is 1.97 bits per heavy atom. The molecule has 0 aliphatic carbocycles. The lowest BCUT2D eigenvalue weighted by molar-refractivity contribution is 0.0691. The molecule has 0 spiro atoms. The fourth-order valence-corrected chi connectivity index (χ4v) is 3.68. The van der Waals surface area contributed by atoms with Crippen LogP contribution in [0.25, 0.3) is 16.7 Å². The zero-order valence-electron chi connectivity index (χ0n) is 16.3. The van der Waals surface area contributed by atoms with Gasteiger partial charge < -0.3 is 5.11 Å². The predicted octanol–water partition coefficient (Wildman–Crippen LogP) is 4.08. The third-order valence-corrected chi connectivity index (χ3v) is 5.24. The fourth-order valence-electron chi connectivity index (χ4n) is 3.53. The minimum absolute atomic E-state index is 0.0157. The van der Waals surface area contributed by atoms with Gasteiger partial charge in [-0.15, -0.1) is 0 Å². The fraction of sp³-hybridized carbons (Fsp3) is 0.190. The van der Waals surface area contributed by atoms with Gasteiger partial charge in [0.25, 0.3) is 0 Å². The standard InChI is InChI=1S/C21H17ClF2N4O3/c1-2-8-26-11-13(9-25-26)28-19-16(7-6-15(22)18(19)24)27(21(28)31)10-12-4-3-5-14(17(12)23)20(29)30/h3-7,9,11H,2,8,10H2,1H3,(H,29,30). The number of benzene rings is 2. The van der Waals surface area contributed by atoms with Crippen molar-refractivity contribution >= 4 is 28.6 Å². The molecular formula is C21H17ClF2N4O3. The number of carboxylic acids is 1. The summed E-state index contributed by atoms with van der Waals surface area (Å²) in [6, 6.07) is 6.67. The number of nitrogens with zero attached hydrogens (tertiary/aromatic N) is 4. The molecule has 0 fully saturated rings. The Labute approximate surface area is 179 Å². The molecule has 160 valence electrons. The van der Waals surface area contributed by atoms with Gasteiger partial charge in [0.2, 0.25) is 0 Å². The number of carboxylic acid groups (broad SMARTS) is 1. The highest BCUT2D eigenvalue weighted by atomic mass is 35.5. The maximum absolute atomic E-state index is 15.0. The first-order valence-electron chi connectivity index (χ1n) is 9.46. The summed E-state index contributed by atoms with van der Waals surface area (Å²) >= 11 is 5.96. The van der Waals surface area contributed by atoms with Crippen LogP contribution in [0, 0.1) is 11.6 Å². The number of rotatable bonds is 6. The Hall–Kier alpha value is -3.46. The minimum atomic E-state index is -1.42. The lowest BCUT2D eigenvalue weighted by Gasteiger charge is -2.07. The third-order valence-electron chi connectivity index (χ3n) is 4.95. The van der Waals surface area contributed by atoms with E-state index in [2.05, 4.69) is 5.10 Å². The summed E-state index contributed by atoms with van der Waals surface area (Å²) in [4.78, 5) is 24.5. The number of fused-ring (bicyclic) bond motifs is 1. The molecule has 2 aromatic heterocycles. The van der Waals surface area contributed by atoms with Crippen LogP contribution in [0.5, 0.6) is 0 Å². The molecule has 0 amide bonds. The van der Waals surface area contributed by atoms with Crippen molar-refractivity contribution in [3.8, 4) is 5.69 Å². The molecule has 2 aromatic carbocycles. The van der Waals surface area contributed by atoms with Crippen LogP contribution in [0.4, 0.5) is 8.78 Å². The van der Waals surface area contributed by atoms with Gasteiger partial charge >= 0.3 is 11.7 Å². The molecule has 0 unspecified atom stereocenters. The van der Waals surface area contributed by atoms with Crippen molar-refractivity contribution in [1.82, 2.24) is 18.9 Å². The lowest BCUT2D eigenvalue weighted by atomic mass is 10.1. The Bertz CT molecular complexity index is 1370. The van der Waals surface area contributed by atoms with Crippen molar-refractivity contribution in [3.05, 3.63) is 81.0 Å². The van der Waals surface area contributed by atoms with E-state index in [1.807, 2.05) is 6.92 Å². The van der Waals surface area contributed by atoms with Crippen molar-refractivity contribution in [2.24, 2.45) is 0 Å². The first-order valence-corrected chi connectivity index (χ1v) is 9.84. The Morgan fingerprint density at radius 1 is 1.19 bits per heavy atom. The van der Waals surface area contributed by atoms with Crippen LogP contribution in [0.15, 0.2) is 47.5 Å². The second kappa shape index (κ2) is 7.99. The summed E-state index contributed by atoms with van der Waals surface area (Å²) in [7, 11) is 0. The predicted molar refractivity (Wildman–Crippen MR) is 111 cm³/mol. The van der Waals surface area contributed by atoms with Crippen LogP contribution in [-0.2, 0) is 13.1 Å². The molecule has 1 N–H and O–H groups in total. The monoisotopic (exact) mass is 446 g/mol. The molecule has 10 heteroatoms. The van der Waals surface area contributed by atoms with E-state index in [0.29, 0.717) is 12.2 Å². The summed E-state index contributed by atoms with van der Waals surface area (Å²) in [5.74, 6) is -3.17. The SMILES string of the molecule is CCCn1cc(-n2c(=O)n(Cc3cccc(C(=O)O)c3F)c3ccc(Cl)c(F)c32)cn1. The van der Waals surface area contributed by atoms with Gasteiger partial charge in [-0.3, -0.25) is 13.8 Å². The largest absolute Gasteiger partial charge is 0.478 e. The van der Waals surface area contributed by atoms with E-state index in [1.165, 1.54) is 35.0 Å². The Balaban J connectivity index is 1.94.